The third-order valence-corrected chi connectivity index (χ3v) is 5.73. The second-order valence-electron chi connectivity index (χ2n) is 5.64. The standard InChI is InChI=1S/C15H21N3S/c1-11-5-6-13-12(9-11)17-14(16)18(13)10-15(19-2)7-3-4-8-15/h5-6,9H,3-4,7-8,10H2,1-2H3,(H2,16,17). The van der Waals surface area contributed by atoms with Gasteiger partial charge >= 0.3 is 0 Å². The molecular formula is C15H21N3S. The zero-order valence-electron chi connectivity index (χ0n) is 11.6. The Labute approximate surface area is 118 Å². The first kappa shape index (κ1) is 12.9. The van der Waals surface area contributed by atoms with Crippen LogP contribution in [0.25, 0.3) is 11.0 Å². The van der Waals surface area contributed by atoms with Crippen LogP contribution in [-0.4, -0.2) is 20.6 Å². The van der Waals surface area contributed by atoms with E-state index >= 15 is 0 Å². The van der Waals surface area contributed by atoms with Crippen LogP contribution >= 0.6 is 11.8 Å². The summed E-state index contributed by atoms with van der Waals surface area (Å²) in [6.45, 7) is 3.08. The van der Waals surface area contributed by atoms with Gasteiger partial charge in [-0.15, -0.1) is 0 Å². The number of benzene rings is 1. The highest BCUT2D eigenvalue weighted by Crippen LogP contribution is 2.42. The molecular weight excluding hydrogens is 254 g/mol. The van der Waals surface area contributed by atoms with Crippen molar-refractivity contribution in [1.29, 1.82) is 0 Å². The summed E-state index contributed by atoms with van der Waals surface area (Å²) < 4.78 is 2.56. The monoisotopic (exact) mass is 275 g/mol. The Morgan fingerprint density at radius 2 is 2.11 bits per heavy atom. The molecule has 1 aliphatic rings. The number of thioether (sulfide) groups is 1. The fourth-order valence-electron chi connectivity index (χ4n) is 3.16. The molecule has 0 amide bonds. The molecule has 19 heavy (non-hydrogen) atoms. The Bertz CT molecular complexity index is 597. The van der Waals surface area contributed by atoms with Crippen molar-refractivity contribution in [3.8, 4) is 0 Å². The van der Waals surface area contributed by atoms with Crippen molar-refractivity contribution in [2.45, 2.75) is 43.9 Å². The number of nitrogens with zero attached hydrogens (tertiary/aromatic N) is 2. The molecule has 0 radical (unpaired) electrons. The molecule has 4 heteroatoms. The zero-order chi connectivity index (χ0) is 13.5. The summed E-state index contributed by atoms with van der Waals surface area (Å²) in [7, 11) is 0. The second-order valence-corrected chi connectivity index (χ2v) is 6.92. The van der Waals surface area contributed by atoms with Gasteiger partial charge in [0.15, 0.2) is 0 Å². The normalized spacial score (nSPS) is 18.2. The van der Waals surface area contributed by atoms with Crippen LogP contribution in [0, 0.1) is 6.92 Å². The molecule has 0 unspecified atom stereocenters. The maximum Gasteiger partial charge on any atom is 0.201 e. The molecule has 0 bridgehead atoms. The van der Waals surface area contributed by atoms with E-state index in [2.05, 4.69) is 40.9 Å². The summed E-state index contributed by atoms with van der Waals surface area (Å²) in [5.74, 6) is 0.654. The fourth-order valence-corrected chi connectivity index (χ4v) is 4.11. The Morgan fingerprint density at radius 3 is 2.79 bits per heavy atom. The molecule has 1 aromatic carbocycles. The first-order chi connectivity index (χ1) is 9.13. The molecule has 0 atom stereocenters. The number of aryl methyl sites for hydroxylation is 1. The van der Waals surface area contributed by atoms with E-state index in [9.17, 15) is 0 Å². The molecule has 102 valence electrons. The van der Waals surface area contributed by atoms with Gasteiger partial charge in [-0.3, -0.25) is 0 Å². The van der Waals surface area contributed by atoms with Crippen LogP contribution in [0.4, 0.5) is 5.95 Å². The minimum atomic E-state index is 0.354. The molecule has 3 rings (SSSR count). The van der Waals surface area contributed by atoms with Crippen molar-refractivity contribution in [2.24, 2.45) is 0 Å². The average Bonchev–Trinajstić information content (AvgIpc) is 2.96. The SMILES string of the molecule is CSC1(Cn2c(N)nc3cc(C)ccc32)CCCC1. The van der Waals surface area contributed by atoms with E-state index in [1.165, 1.54) is 36.8 Å². The third kappa shape index (κ3) is 2.22. The Morgan fingerprint density at radius 1 is 1.37 bits per heavy atom. The number of nitrogen functional groups attached to an aromatic ring is 1. The van der Waals surface area contributed by atoms with E-state index < -0.39 is 0 Å². The van der Waals surface area contributed by atoms with Gasteiger partial charge in [-0.2, -0.15) is 11.8 Å². The largest absolute Gasteiger partial charge is 0.369 e. The molecule has 1 aromatic heterocycles. The van der Waals surface area contributed by atoms with Gasteiger partial charge in [-0.25, -0.2) is 4.98 Å². The van der Waals surface area contributed by atoms with Crippen molar-refractivity contribution >= 4 is 28.7 Å². The molecule has 1 aliphatic carbocycles. The number of anilines is 1. The highest BCUT2D eigenvalue weighted by atomic mass is 32.2. The minimum absolute atomic E-state index is 0.354. The summed E-state index contributed by atoms with van der Waals surface area (Å²) in [6, 6.07) is 6.40. The Kier molecular flexibility index (Phi) is 3.21. The first-order valence-electron chi connectivity index (χ1n) is 6.91. The van der Waals surface area contributed by atoms with E-state index in [0.29, 0.717) is 10.7 Å². The number of fused-ring (bicyclic) bond motifs is 1. The summed E-state index contributed by atoms with van der Waals surface area (Å²) in [5.41, 5.74) is 9.56. The second kappa shape index (κ2) is 4.75. The molecule has 2 aromatic rings. The zero-order valence-corrected chi connectivity index (χ0v) is 12.5. The van der Waals surface area contributed by atoms with Crippen LogP contribution in [0.15, 0.2) is 18.2 Å². The predicted molar refractivity (Wildman–Crippen MR) is 83.6 cm³/mol. The maximum atomic E-state index is 6.14. The summed E-state index contributed by atoms with van der Waals surface area (Å²) in [5, 5.41) is 0. The van der Waals surface area contributed by atoms with Crippen molar-refractivity contribution in [1.82, 2.24) is 9.55 Å². The summed E-state index contributed by atoms with van der Waals surface area (Å²) in [6.07, 6.45) is 7.49. The molecule has 1 saturated carbocycles. The van der Waals surface area contributed by atoms with Crippen molar-refractivity contribution in [3.63, 3.8) is 0 Å². The lowest BCUT2D eigenvalue weighted by atomic mass is 10.1. The molecule has 1 fully saturated rings. The number of imidazole rings is 1. The number of rotatable bonds is 3. The lowest BCUT2D eigenvalue weighted by molar-refractivity contribution is 0.518. The van der Waals surface area contributed by atoms with Crippen molar-refractivity contribution < 1.29 is 0 Å². The van der Waals surface area contributed by atoms with Crippen molar-refractivity contribution in [3.05, 3.63) is 23.8 Å². The van der Waals surface area contributed by atoms with Crippen LogP contribution in [0.3, 0.4) is 0 Å². The van der Waals surface area contributed by atoms with E-state index in [1.807, 2.05) is 11.8 Å². The highest BCUT2D eigenvalue weighted by Gasteiger charge is 2.34. The van der Waals surface area contributed by atoms with Gasteiger partial charge in [-0.1, -0.05) is 18.9 Å². The van der Waals surface area contributed by atoms with E-state index in [1.54, 1.807) is 0 Å². The van der Waals surface area contributed by atoms with E-state index in [0.717, 1.165) is 12.1 Å². The number of hydrogen-bond donors (Lipinski definition) is 1. The smallest absolute Gasteiger partial charge is 0.201 e. The van der Waals surface area contributed by atoms with Crippen LogP contribution < -0.4 is 5.73 Å². The fraction of sp³-hybridized carbons (Fsp3) is 0.533. The van der Waals surface area contributed by atoms with E-state index in [4.69, 9.17) is 5.73 Å². The van der Waals surface area contributed by atoms with E-state index in [-0.39, 0.29) is 0 Å². The van der Waals surface area contributed by atoms with Crippen molar-refractivity contribution in [2.75, 3.05) is 12.0 Å². The maximum absolute atomic E-state index is 6.14. The van der Waals surface area contributed by atoms with Crippen LogP contribution in [0.2, 0.25) is 0 Å². The first-order valence-corrected chi connectivity index (χ1v) is 8.14. The van der Waals surface area contributed by atoms with Crippen LogP contribution in [0.5, 0.6) is 0 Å². The molecule has 0 aliphatic heterocycles. The Hall–Kier alpha value is -1.16. The molecule has 0 spiro atoms. The molecule has 0 saturated heterocycles. The minimum Gasteiger partial charge on any atom is -0.369 e. The third-order valence-electron chi connectivity index (χ3n) is 4.33. The van der Waals surface area contributed by atoms with Gasteiger partial charge in [0.2, 0.25) is 5.95 Å². The number of nitrogens with two attached hydrogens (primary N) is 1. The average molecular weight is 275 g/mol. The van der Waals surface area contributed by atoms with Crippen LogP contribution in [-0.2, 0) is 6.54 Å². The molecule has 1 heterocycles. The highest BCUT2D eigenvalue weighted by molar-refractivity contribution is 8.00. The quantitative estimate of drug-likeness (QED) is 0.930. The number of aromatic nitrogens is 2. The predicted octanol–water partition coefficient (Wildman–Crippen LogP) is 3.60. The Balaban J connectivity index is 2.02. The van der Waals surface area contributed by atoms with Crippen LogP contribution in [0.1, 0.15) is 31.2 Å². The van der Waals surface area contributed by atoms with Gasteiger partial charge in [-0.05, 0) is 43.7 Å². The van der Waals surface area contributed by atoms with Gasteiger partial charge < -0.3 is 10.3 Å². The van der Waals surface area contributed by atoms with Gasteiger partial charge in [0, 0.05) is 11.3 Å². The lowest BCUT2D eigenvalue weighted by Crippen LogP contribution is -2.27. The number of hydrogen-bond acceptors (Lipinski definition) is 3. The summed E-state index contributed by atoms with van der Waals surface area (Å²) in [4.78, 5) is 4.51. The lowest BCUT2D eigenvalue weighted by Gasteiger charge is -2.27. The summed E-state index contributed by atoms with van der Waals surface area (Å²) >= 11 is 1.99. The van der Waals surface area contributed by atoms with Gasteiger partial charge in [0.1, 0.15) is 0 Å². The van der Waals surface area contributed by atoms with Gasteiger partial charge in [0.05, 0.1) is 11.0 Å². The molecule has 2 N–H and O–H groups in total. The molecule has 3 nitrogen and oxygen atoms in total. The topological polar surface area (TPSA) is 43.8 Å². The van der Waals surface area contributed by atoms with Gasteiger partial charge in [0.25, 0.3) is 0 Å².